The van der Waals surface area contributed by atoms with Crippen molar-refractivity contribution in [3.05, 3.63) is 0 Å². The van der Waals surface area contributed by atoms with E-state index in [4.69, 9.17) is 9.47 Å². The van der Waals surface area contributed by atoms with Gasteiger partial charge in [-0.1, -0.05) is 13.3 Å². The predicted molar refractivity (Wildman–Crippen MR) is 60.9 cm³/mol. The lowest BCUT2D eigenvalue weighted by Crippen LogP contribution is -2.24. The van der Waals surface area contributed by atoms with Gasteiger partial charge in [-0.15, -0.1) is 0 Å². The third kappa shape index (κ3) is 9.49. The molecule has 4 nitrogen and oxygen atoms in total. The van der Waals surface area contributed by atoms with Crippen LogP contribution in [0.2, 0.25) is 0 Å². The van der Waals surface area contributed by atoms with Crippen LogP contribution >= 0.6 is 0 Å². The summed E-state index contributed by atoms with van der Waals surface area (Å²) in [6.07, 6.45) is 2.03. The third-order valence-corrected chi connectivity index (χ3v) is 1.71. The van der Waals surface area contributed by atoms with E-state index in [2.05, 4.69) is 0 Å². The highest BCUT2D eigenvalue weighted by Crippen LogP contribution is 2.09. The Morgan fingerprint density at radius 1 is 1.06 bits per heavy atom. The lowest BCUT2D eigenvalue weighted by atomic mass is 10.2. The Labute approximate surface area is 97.3 Å². The van der Waals surface area contributed by atoms with Crippen molar-refractivity contribution < 1.29 is 19.1 Å². The first-order valence-electron chi connectivity index (χ1n) is 5.72. The molecule has 0 aliphatic heterocycles. The molecule has 0 bridgehead atoms. The minimum atomic E-state index is -0.497. The summed E-state index contributed by atoms with van der Waals surface area (Å²) >= 11 is 0. The molecule has 0 spiro atoms. The van der Waals surface area contributed by atoms with Gasteiger partial charge in [-0.3, -0.25) is 9.59 Å². The van der Waals surface area contributed by atoms with E-state index < -0.39 is 5.60 Å². The molecule has 0 aromatic rings. The van der Waals surface area contributed by atoms with Gasteiger partial charge in [0.15, 0.2) is 0 Å². The summed E-state index contributed by atoms with van der Waals surface area (Å²) < 4.78 is 9.98. The summed E-state index contributed by atoms with van der Waals surface area (Å²) in [5.41, 5.74) is -0.497. The molecule has 0 saturated carbocycles. The molecule has 16 heavy (non-hydrogen) atoms. The van der Waals surface area contributed by atoms with Crippen LogP contribution in [0.5, 0.6) is 0 Å². The number of rotatable bonds is 6. The van der Waals surface area contributed by atoms with Crippen molar-refractivity contribution in [1.82, 2.24) is 0 Å². The quantitative estimate of drug-likeness (QED) is 0.519. The van der Waals surface area contributed by atoms with Crippen molar-refractivity contribution in [2.75, 3.05) is 6.61 Å². The number of ether oxygens (including phenoxy) is 2. The lowest BCUT2D eigenvalue weighted by Gasteiger charge is -2.19. The van der Waals surface area contributed by atoms with E-state index in [9.17, 15) is 9.59 Å². The molecule has 0 unspecified atom stereocenters. The van der Waals surface area contributed by atoms with Crippen LogP contribution in [0.4, 0.5) is 0 Å². The highest BCUT2D eigenvalue weighted by atomic mass is 16.6. The zero-order valence-electron chi connectivity index (χ0n) is 10.7. The zero-order chi connectivity index (χ0) is 12.6. The van der Waals surface area contributed by atoms with Crippen LogP contribution in [0.15, 0.2) is 0 Å². The van der Waals surface area contributed by atoms with Gasteiger partial charge in [-0.05, 0) is 27.2 Å². The predicted octanol–water partition coefficient (Wildman–Crippen LogP) is 2.45. The van der Waals surface area contributed by atoms with Crippen molar-refractivity contribution in [2.45, 2.75) is 59.0 Å². The molecule has 4 heteroatoms. The second-order valence-electron chi connectivity index (χ2n) is 4.66. The summed E-state index contributed by atoms with van der Waals surface area (Å²) in [5, 5.41) is 0. The monoisotopic (exact) mass is 230 g/mol. The van der Waals surface area contributed by atoms with Gasteiger partial charge in [0.2, 0.25) is 0 Å². The summed E-state index contributed by atoms with van der Waals surface area (Å²) in [7, 11) is 0. The molecule has 0 aliphatic rings. The first-order valence-corrected chi connectivity index (χ1v) is 5.72. The van der Waals surface area contributed by atoms with E-state index in [1.807, 2.05) is 6.92 Å². The van der Waals surface area contributed by atoms with Crippen molar-refractivity contribution in [2.24, 2.45) is 0 Å². The largest absolute Gasteiger partial charge is 0.466 e. The summed E-state index contributed by atoms with van der Waals surface area (Å²) in [5.74, 6) is -0.695. The number of esters is 2. The lowest BCUT2D eigenvalue weighted by molar-refractivity contribution is -0.158. The van der Waals surface area contributed by atoms with Crippen LogP contribution in [0.1, 0.15) is 53.4 Å². The van der Waals surface area contributed by atoms with Crippen molar-refractivity contribution in [3.63, 3.8) is 0 Å². The molecule has 0 atom stereocenters. The van der Waals surface area contributed by atoms with Gasteiger partial charge in [0.25, 0.3) is 0 Å². The molecule has 0 aliphatic carbocycles. The Kier molecular flexibility index (Phi) is 6.77. The minimum absolute atomic E-state index is 0.0855. The molecule has 0 rings (SSSR count). The van der Waals surface area contributed by atoms with Gasteiger partial charge in [0.05, 0.1) is 19.4 Å². The molecule has 94 valence electrons. The fourth-order valence-corrected chi connectivity index (χ4v) is 0.999. The maximum atomic E-state index is 11.3. The highest BCUT2D eigenvalue weighted by Gasteiger charge is 2.17. The van der Waals surface area contributed by atoms with Crippen molar-refractivity contribution in [1.29, 1.82) is 0 Å². The Bertz CT molecular complexity index is 228. The van der Waals surface area contributed by atoms with E-state index in [1.54, 1.807) is 20.8 Å². The molecule has 0 N–H and O–H groups in total. The van der Waals surface area contributed by atoms with Crippen LogP contribution in [-0.4, -0.2) is 24.1 Å². The van der Waals surface area contributed by atoms with Gasteiger partial charge in [-0.2, -0.15) is 0 Å². The van der Waals surface area contributed by atoms with Gasteiger partial charge in [0.1, 0.15) is 5.60 Å². The van der Waals surface area contributed by atoms with Gasteiger partial charge in [0, 0.05) is 0 Å². The number of hydrogen-bond acceptors (Lipinski definition) is 4. The topological polar surface area (TPSA) is 52.6 Å². The van der Waals surface area contributed by atoms with E-state index >= 15 is 0 Å². The average molecular weight is 230 g/mol. The van der Waals surface area contributed by atoms with Crippen LogP contribution in [0, 0.1) is 0 Å². The van der Waals surface area contributed by atoms with E-state index in [0.29, 0.717) is 6.61 Å². The standard InChI is InChI=1S/C12H22O4/c1-5-6-9-15-10(13)7-8-11(14)16-12(2,3)4/h5-9H2,1-4H3. The van der Waals surface area contributed by atoms with Crippen molar-refractivity contribution >= 4 is 11.9 Å². The van der Waals surface area contributed by atoms with E-state index in [0.717, 1.165) is 12.8 Å². The number of unbranched alkanes of at least 4 members (excludes halogenated alkanes) is 1. The number of hydrogen-bond donors (Lipinski definition) is 0. The first kappa shape index (κ1) is 14.9. The fraction of sp³-hybridized carbons (Fsp3) is 0.833. The van der Waals surface area contributed by atoms with Crippen LogP contribution in [0.3, 0.4) is 0 Å². The molecule has 0 radical (unpaired) electrons. The average Bonchev–Trinajstić information content (AvgIpc) is 2.12. The third-order valence-electron chi connectivity index (χ3n) is 1.71. The van der Waals surface area contributed by atoms with E-state index in [1.165, 1.54) is 0 Å². The second-order valence-corrected chi connectivity index (χ2v) is 4.66. The zero-order valence-corrected chi connectivity index (χ0v) is 10.7. The van der Waals surface area contributed by atoms with Gasteiger partial charge in [-0.25, -0.2) is 0 Å². The highest BCUT2D eigenvalue weighted by molar-refractivity contribution is 5.77. The first-order chi connectivity index (χ1) is 7.35. The molecule has 0 aromatic carbocycles. The maximum Gasteiger partial charge on any atom is 0.306 e. The summed E-state index contributed by atoms with van der Waals surface area (Å²) in [6, 6.07) is 0. The van der Waals surface area contributed by atoms with Crippen LogP contribution in [-0.2, 0) is 19.1 Å². The Hall–Kier alpha value is -1.06. The van der Waals surface area contributed by atoms with Crippen LogP contribution < -0.4 is 0 Å². The molecular weight excluding hydrogens is 208 g/mol. The normalized spacial score (nSPS) is 11.0. The molecule has 0 heterocycles. The number of carbonyl (C=O) groups is 2. The SMILES string of the molecule is CCCCOC(=O)CCC(=O)OC(C)(C)C. The summed E-state index contributed by atoms with van der Waals surface area (Å²) in [6.45, 7) is 7.84. The molecular formula is C12H22O4. The number of carbonyl (C=O) groups excluding carboxylic acids is 2. The Balaban J connectivity index is 3.63. The second kappa shape index (κ2) is 7.25. The molecule has 0 saturated heterocycles. The Morgan fingerprint density at radius 2 is 1.62 bits per heavy atom. The maximum absolute atomic E-state index is 11.3. The Morgan fingerprint density at radius 3 is 2.12 bits per heavy atom. The molecule has 0 amide bonds. The van der Waals surface area contributed by atoms with Crippen LogP contribution in [0.25, 0.3) is 0 Å². The molecule has 0 fully saturated rings. The summed E-state index contributed by atoms with van der Waals surface area (Å²) in [4.78, 5) is 22.4. The van der Waals surface area contributed by atoms with Gasteiger partial charge < -0.3 is 9.47 Å². The van der Waals surface area contributed by atoms with Gasteiger partial charge >= 0.3 is 11.9 Å². The fourth-order valence-electron chi connectivity index (χ4n) is 0.999. The smallest absolute Gasteiger partial charge is 0.306 e. The van der Waals surface area contributed by atoms with Crippen molar-refractivity contribution in [3.8, 4) is 0 Å². The van der Waals surface area contributed by atoms with E-state index in [-0.39, 0.29) is 24.8 Å². The minimum Gasteiger partial charge on any atom is -0.466 e. The molecule has 0 aromatic heterocycles.